The van der Waals surface area contributed by atoms with Crippen LogP contribution in [0.5, 0.6) is 0 Å². The minimum absolute atomic E-state index is 0.0641. The Kier molecular flexibility index (Phi) is 7.12. The quantitative estimate of drug-likeness (QED) is 0.379. The molecule has 27 heavy (non-hydrogen) atoms. The number of esters is 2. The fourth-order valence-electron chi connectivity index (χ4n) is 3.23. The summed E-state index contributed by atoms with van der Waals surface area (Å²) < 4.78 is 11.0. The van der Waals surface area contributed by atoms with Gasteiger partial charge >= 0.3 is 11.9 Å². The van der Waals surface area contributed by atoms with Gasteiger partial charge in [-0.3, -0.25) is 0 Å². The first-order valence-corrected chi connectivity index (χ1v) is 8.82. The van der Waals surface area contributed by atoms with E-state index < -0.39 is 49.4 Å². The molecule has 0 saturated carbocycles. The molecule has 0 unspecified atom stereocenters. The topological polar surface area (TPSA) is 113 Å². The Morgan fingerprint density at radius 1 is 1.41 bits per heavy atom. The average molecular weight is 378 g/mol. The van der Waals surface area contributed by atoms with Crippen molar-refractivity contribution < 1.29 is 34.4 Å². The fraction of sp³-hybridized carbons (Fsp3) is 0.500. The zero-order chi connectivity index (χ0) is 20.1. The third-order valence-electron chi connectivity index (χ3n) is 4.86. The van der Waals surface area contributed by atoms with Crippen LogP contribution in [-0.2, 0) is 19.1 Å². The lowest BCUT2D eigenvalue weighted by Crippen LogP contribution is -2.34. The largest absolute Gasteiger partial charge is 0.458 e. The van der Waals surface area contributed by atoms with E-state index >= 15 is 0 Å². The van der Waals surface area contributed by atoms with Crippen LogP contribution in [0, 0.1) is 5.92 Å². The fourth-order valence-corrected chi connectivity index (χ4v) is 3.23. The van der Waals surface area contributed by atoms with Crippen molar-refractivity contribution in [3.8, 4) is 0 Å². The SMILES string of the molecule is C=C1C(=O)O[C@@H]2/C=C(/C)[C@@H](O)C/C=C(/C)C[C@@H](OC(=O)/C(=C/CO)CO)[C@@H]12. The van der Waals surface area contributed by atoms with Crippen molar-refractivity contribution in [3.63, 3.8) is 0 Å². The Morgan fingerprint density at radius 2 is 2.11 bits per heavy atom. The van der Waals surface area contributed by atoms with E-state index in [4.69, 9.17) is 14.6 Å². The molecule has 148 valence electrons. The first-order chi connectivity index (χ1) is 12.8. The molecule has 2 aliphatic rings. The molecule has 1 heterocycles. The molecule has 0 amide bonds. The minimum Gasteiger partial charge on any atom is -0.458 e. The lowest BCUT2D eigenvalue weighted by atomic mass is 9.85. The number of aliphatic hydroxyl groups excluding tert-OH is 3. The molecule has 0 aromatic heterocycles. The lowest BCUT2D eigenvalue weighted by Gasteiger charge is -2.28. The third-order valence-corrected chi connectivity index (χ3v) is 4.86. The van der Waals surface area contributed by atoms with Gasteiger partial charge in [-0.1, -0.05) is 18.2 Å². The van der Waals surface area contributed by atoms with Crippen molar-refractivity contribution in [3.05, 3.63) is 47.1 Å². The predicted molar refractivity (Wildman–Crippen MR) is 97.4 cm³/mol. The number of rotatable bonds is 4. The molecule has 7 nitrogen and oxygen atoms in total. The van der Waals surface area contributed by atoms with Crippen molar-refractivity contribution in [2.24, 2.45) is 5.92 Å². The molecular weight excluding hydrogens is 352 g/mol. The van der Waals surface area contributed by atoms with E-state index in [1.54, 1.807) is 13.0 Å². The second kappa shape index (κ2) is 9.12. The number of carbonyl (C=O) groups excluding carboxylic acids is 2. The summed E-state index contributed by atoms with van der Waals surface area (Å²) in [5.41, 5.74) is 1.66. The molecule has 2 rings (SSSR count). The predicted octanol–water partition coefficient (Wildman–Crippen LogP) is 0.954. The van der Waals surface area contributed by atoms with E-state index in [-0.39, 0.29) is 11.1 Å². The molecule has 0 spiro atoms. The van der Waals surface area contributed by atoms with Crippen molar-refractivity contribution in [1.29, 1.82) is 0 Å². The lowest BCUT2D eigenvalue weighted by molar-refractivity contribution is -0.147. The smallest absolute Gasteiger partial charge is 0.336 e. The zero-order valence-electron chi connectivity index (χ0n) is 15.6. The summed E-state index contributed by atoms with van der Waals surface area (Å²) in [6, 6.07) is 0. The standard InChI is InChI=1S/C20H26O7/c1-11-4-5-15(23)12(2)9-17-18(13(3)19(24)26-17)16(8-11)27-20(25)14(10-22)6-7-21/h4,6,9,15-18,21-23H,3,5,7-8,10H2,1-2H3/b11-4-,12-9-,14-6+/t15-,16+,17+,18+/m0/s1. The van der Waals surface area contributed by atoms with Gasteiger partial charge in [0.1, 0.15) is 12.2 Å². The average Bonchev–Trinajstić information content (AvgIpc) is 2.89. The normalized spacial score (nSPS) is 33.3. The summed E-state index contributed by atoms with van der Waals surface area (Å²) >= 11 is 0. The Hall–Kier alpha value is -2.22. The van der Waals surface area contributed by atoms with Crippen LogP contribution in [0.15, 0.2) is 47.1 Å². The van der Waals surface area contributed by atoms with Crippen molar-refractivity contribution >= 4 is 11.9 Å². The van der Waals surface area contributed by atoms with Crippen LogP contribution >= 0.6 is 0 Å². The number of fused-ring (bicyclic) bond motifs is 1. The number of aliphatic hydroxyl groups is 3. The van der Waals surface area contributed by atoms with Crippen LogP contribution in [0.25, 0.3) is 0 Å². The molecule has 3 N–H and O–H groups in total. The van der Waals surface area contributed by atoms with Crippen molar-refractivity contribution in [2.75, 3.05) is 13.2 Å². The monoisotopic (exact) mass is 378 g/mol. The molecular formula is C20H26O7. The summed E-state index contributed by atoms with van der Waals surface area (Å²) in [4.78, 5) is 24.5. The second-order valence-electron chi connectivity index (χ2n) is 6.85. The highest BCUT2D eigenvalue weighted by atomic mass is 16.6. The van der Waals surface area contributed by atoms with E-state index in [9.17, 15) is 19.8 Å². The van der Waals surface area contributed by atoms with Gasteiger partial charge in [-0.15, -0.1) is 0 Å². The molecule has 1 saturated heterocycles. The maximum Gasteiger partial charge on any atom is 0.336 e. The van der Waals surface area contributed by atoms with Gasteiger partial charge in [0.05, 0.1) is 30.8 Å². The number of ether oxygens (including phenoxy) is 2. The Labute approximate surface area is 158 Å². The first kappa shape index (κ1) is 21.1. The van der Waals surface area contributed by atoms with Crippen LogP contribution in [-0.4, -0.2) is 58.8 Å². The van der Waals surface area contributed by atoms with Gasteiger partial charge < -0.3 is 24.8 Å². The molecule has 0 aromatic rings. The minimum atomic E-state index is -0.770. The Balaban J connectivity index is 2.40. The molecule has 4 atom stereocenters. The highest BCUT2D eigenvalue weighted by Crippen LogP contribution is 2.36. The van der Waals surface area contributed by atoms with Gasteiger partial charge in [-0.05, 0) is 38.0 Å². The number of hydrogen-bond donors (Lipinski definition) is 3. The summed E-state index contributed by atoms with van der Waals surface area (Å²) in [7, 11) is 0. The zero-order valence-corrected chi connectivity index (χ0v) is 15.6. The van der Waals surface area contributed by atoms with Gasteiger partial charge in [0.25, 0.3) is 0 Å². The van der Waals surface area contributed by atoms with E-state index in [2.05, 4.69) is 6.58 Å². The maximum atomic E-state index is 12.4. The number of carbonyl (C=O) groups is 2. The van der Waals surface area contributed by atoms with E-state index in [1.165, 1.54) is 6.08 Å². The highest BCUT2D eigenvalue weighted by molar-refractivity contribution is 5.92. The molecule has 0 radical (unpaired) electrons. The van der Waals surface area contributed by atoms with Crippen LogP contribution in [0.3, 0.4) is 0 Å². The molecule has 1 aliphatic heterocycles. The van der Waals surface area contributed by atoms with Gasteiger partial charge in [0.2, 0.25) is 0 Å². The summed E-state index contributed by atoms with van der Waals surface area (Å²) in [5.74, 6) is -1.95. The second-order valence-corrected chi connectivity index (χ2v) is 6.85. The van der Waals surface area contributed by atoms with Crippen molar-refractivity contribution in [2.45, 2.75) is 45.0 Å². The summed E-state index contributed by atoms with van der Waals surface area (Å²) in [6.07, 6.45) is 3.27. The van der Waals surface area contributed by atoms with Gasteiger partial charge in [-0.2, -0.15) is 0 Å². The molecule has 0 bridgehead atoms. The highest BCUT2D eigenvalue weighted by Gasteiger charge is 2.44. The van der Waals surface area contributed by atoms with Crippen LogP contribution in [0.1, 0.15) is 26.7 Å². The van der Waals surface area contributed by atoms with E-state index in [0.717, 1.165) is 5.57 Å². The van der Waals surface area contributed by atoms with Crippen LogP contribution in [0.2, 0.25) is 0 Å². The Morgan fingerprint density at radius 3 is 2.74 bits per heavy atom. The third kappa shape index (κ3) is 4.94. The van der Waals surface area contributed by atoms with Crippen LogP contribution < -0.4 is 0 Å². The molecule has 7 heteroatoms. The summed E-state index contributed by atoms with van der Waals surface area (Å²) in [6.45, 7) is 6.41. The first-order valence-electron chi connectivity index (χ1n) is 8.82. The summed E-state index contributed by atoms with van der Waals surface area (Å²) in [5, 5.41) is 28.5. The van der Waals surface area contributed by atoms with Gasteiger partial charge in [-0.25, -0.2) is 9.59 Å². The van der Waals surface area contributed by atoms with Crippen LogP contribution in [0.4, 0.5) is 0 Å². The molecule has 1 aliphatic carbocycles. The molecule has 0 aromatic carbocycles. The van der Waals surface area contributed by atoms with Gasteiger partial charge in [0, 0.05) is 12.0 Å². The maximum absolute atomic E-state index is 12.4. The van der Waals surface area contributed by atoms with Crippen molar-refractivity contribution in [1.82, 2.24) is 0 Å². The van der Waals surface area contributed by atoms with Gasteiger partial charge in [0.15, 0.2) is 0 Å². The molecule has 1 fully saturated rings. The number of hydrogen-bond acceptors (Lipinski definition) is 7. The van der Waals surface area contributed by atoms with E-state index in [0.29, 0.717) is 18.4 Å². The Bertz CT molecular complexity index is 701. The van der Waals surface area contributed by atoms with E-state index in [1.807, 2.05) is 13.0 Å².